The maximum absolute atomic E-state index is 12.1. The maximum Gasteiger partial charge on any atom is 0.269 e. The lowest BCUT2D eigenvalue weighted by Gasteiger charge is -2.05. The van der Waals surface area contributed by atoms with E-state index in [2.05, 4.69) is 15.4 Å². The molecule has 0 saturated carbocycles. The van der Waals surface area contributed by atoms with Crippen LogP contribution in [0.5, 0.6) is 0 Å². The lowest BCUT2D eigenvalue weighted by atomic mass is 10.3. The van der Waals surface area contributed by atoms with Crippen molar-refractivity contribution in [2.45, 2.75) is 13.0 Å². The number of hydrogen-bond acceptors (Lipinski definition) is 3. The monoisotopic (exact) mass is 283 g/mol. The summed E-state index contributed by atoms with van der Waals surface area (Å²) in [6.45, 7) is 1.39. The summed E-state index contributed by atoms with van der Waals surface area (Å²) in [5.74, 6) is -0.140. The Morgan fingerprint density at radius 1 is 1.29 bits per heavy atom. The minimum atomic E-state index is -0.140. The first-order valence-corrected chi connectivity index (χ1v) is 6.92. The molecule has 0 radical (unpaired) electrons. The zero-order valence-corrected chi connectivity index (χ0v) is 11.9. The number of pyridine rings is 1. The smallest absolute Gasteiger partial charge is 0.269 e. The zero-order chi connectivity index (χ0) is 14.7. The first kappa shape index (κ1) is 13.4. The number of rotatable bonds is 5. The highest BCUT2D eigenvalue weighted by molar-refractivity contribution is 5.94. The van der Waals surface area contributed by atoms with E-state index in [0.29, 0.717) is 12.2 Å². The molecule has 3 rings (SSSR count). The van der Waals surface area contributed by atoms with E-state index < -0.39 is 0 Å². The Balaban J connectivity index is 1.57. The van der Waals surface area contributed by atoms with Gasteiger partial charge < -0.3 is 9.88 Å². The van der Waals surface area contributed by atoms with Crippen LogP contribution in [0.4, 0.5) is 0 Å². The van der Waals surface area contributed by atoms with E-state index in [9.17, 15) is 4.79 Å². The van der Waals surface area contributed by atoms with Gasteiger partial charge in [0.2, 0.25) is 0 Å². The molecule has 0 aromatic carbocycles. The van der Waals surface area contributed by atoms with Crippen molar-refractivity contribution in [3.05, 3.63) is 48.5 Å². The van der Waals surface area contributed by atoms with Crippen molar-refractivity contribution in [2.75, 3.05) is 6.54 Å². The van der Waals surface area contributed by atoms with E-state index >= 15 is 0 Å². The molecule has 0 spiro atoms. The Hall–Kier alpha value is -2.63. The van der Waals surface area contributed by atoms with Crippen LogP contribution >= 0.6 is 0 Å². The van der Waals surface area contributed by atoms with Crippen LogP contribution in [0, 0.1) is 0 Å². The normalized spacial score (nSPS) is 10.9. The molecule has 3 heterocycles. The molecule has 0 aliphatic heterocycles. The third kappa shape index (κ3) is 2.94. The minimum Gasteiger partial charge on any atom is -0.351 e. The molecule has 0 fully saturated rings. The van der Waals surface area contributed by atoms with Gasteiger partial charge in [0.15, 0.2) is 0 Å². The second-order valence-corrected chi connectivity index (χ2v) is 4.91. The third-order valence-corrected chi connectivity index (χ3v) is 3.36. The van der Waals surface area contributed by atoms with Gasteiger partial charge in [-0.05, 0) is 30.7 Å². The van der Waals surface area contributed by atoms with Crippen LogP contribution in [-0.2, 0) is 13.6 Å². The average molecular weight is 283 g/mol. The minimum absolute atomic E-state index is 0.140. The Labute approximate surface area is 122 Å². The number of amides is 1. The second-order valence-electron chi connectivity index (χ2n) is 4.91. The quantitative estimate of drug-likeness (QED) is 0.723. The lowest BCUT2D eigenvalue weighted by molar-refractivity contribution is 0.0948. The first-order chi connectivity index (χ1) is 10.2. The molecule has 3 aromatic heterocycles. The van der Waals surface area contributed by atoms with Gasteiger partial charge in [-0.3, -0.25) is 9.48 Å². The number of aromatic nitrogens is 4. The number of hydrogen-bond donors (Lipinski definition) is 1. The van der Waals surface area contributed by atoms with Gasteiger partial charge >= 0.3 is 0 Å². The molecule has 0 bridgehead atoms. The van der Waals surface area contributed by atoms with Gasteiger partial charge in [0, 0.05) is 44.1 Å². The fraction of sp³-hybridized carbons (Fsp3) is 0.267. The standard InChI is InChI=1S/C15H17N5O/c1-19-11-6-12-4-5-13(18-14(12)19)15(21)16-7-2-9-20-10-3-8-17-20/h3-6,8,10-11H,2,7,9H2,1H3,(H,16,21). The van der Waals surface area contributed by atoms with E-state index in [1.54, 1.807) is 12.3 Å². The maximum atomic E-state index is 12.1. The number of carbonyl (C=O) groups is 1. The molecule has 0 saturated heterocycles. The largest absolute Gasteiger partial charge is 0.351 e. The summed E-state index contributed by atoms with van der Waals surface area (Å²) < 4.78 is 3.75. The van der Waals surface area contributed by atoms with Crippen molar-refractivity contribution < 1.29 is 4.79 Å². The number of nitrogens with one attached hydrogen (secondary N) is 1. The van der Waals surface area contributed by atoms with Gasteiger partial charge in [-0.25, -0.2) is 4.98 Å². The topological polar surface area (TPSA) is 64.7 Å². The number of aryl methyl sites for hydroxylation is 2. The van der Waals surface area contributed by atoms with Crippen LogP contribution in [0.25, 0.3) is 11.0 Å². The van der Waals surface area contributed by atoms with Crippen molar-refractivity contribution in [1.29, 1.82) is 0 Å². The average Bonchev–Trinajstić information content (AvgIpc) is 3.13. The van der Waals surface area contributed by atoms with E-state index in [1.807, 2.05) is 46.9 Å². The summed E-state index contributed by atoms with van der Waals surface area (Å²) in [5.41, 5.74) is 1.27. The van der Waals surface area contributed by atoms with Gasteiger partial charge in [-0.15, -0.1) is 0 Å². The van der Waals surface area contributed by atoms with Crippen LogP contribution in [0.1, 0.15) is 16.9 Å². The molecule has 6 nitrogen and oxygen atoms in total. The van der Waals surface area contributed by atoms with E-state index in [4.69, 9.17) is 0 Å². The van der Waals surface area contributed by atoms with Crippen LogP contribution in [0.15, 0.2) is 42.9 Å². The molecular formula is C15H17N5O. The predicted molar refractivity (Wildman–Crippen MR) is 79.9 cm³/mol. The first-order valence-electron chi connectivity index (χ1n) is 6.92. The molecule has 3 aromatic rings. The van der Waals surface area contributed by atoms with Crippen LogP contribution < -0.4 is 5.32 Å². The van der Waals surface area contributed by atoms with Crippen molar-refractivity contribution in [1.82, 2.24) is 24.6 Å². The highest BCUT2D eigenvalue weighted by atomic mass is 16.1. The molecule has 0 unspecified atom stereocenters. The van der Waals surface area contributed by atoms with Gasteiger partial charge in [0.1, 0.15) is 11.3 Å². The molecule has 0 aliphatic rings. The molecule has 0 atom stereocenters. The summed E-state index contributed by atoms with van der Waals surface area (Å²) in [7, 11) is 1.92. The number of carbonyl (C=O) groups excluding carboxylic acids is 1. The zero-order valence-electron chi connectivity index (χ0n) is 11.9. The fourth-order valence-corrected chi connectivity index (χ4v) is 2.23. The lowest BCUT2D eigenvalue weighted by Crippen LogP contribution is -2.26. The van der Waals surface area contributed by atoms with Crippen molar-refractivity contribution >= 4 is 16.9 Å². The fourth-order valence-electron chi connectivity index (χ4n) is 2.23. The highest BCUT2D eigenvalue weighted by Crippen LogP contribution is 2.12. The van der Waals surface area contributed by atoms with E-state index in [-0.39, 0.29) is 5.91 Å². The van der Waals surface area contributed by atoms with E-state index in [1.165, 1.54) is 0 Å². The summed E-state index contributed by atoms with van der Waals surface area (Å²) in [5, 5.41) is 8.04. The molecule has 21 heavy (non-hydrogen) atoms. The number of nitrogens with zero attached hydrogens (tertiary/aromatic N) is 4. The third-order valence-electron chi connectivity index (χ3n) is 3.36. The molecule has 6 heteroatoms. The van der Waals surface area contributed by atoms with Crippen LogP contribution in [0.2, 0.25) is 0 Å². The number of fused-ring (bicyclic) bond motifs is 1. The second kappa shape index (κ2) is 5.78. The summed E-state index contributed by atoms with van der Waals surface area (Å²) in [6.07, 6.45) is 6.42. The Morgan fingerprint density at radius 3 is 3.00 bits per heavy atom. The summed E-state index contributed by atoms with van der Waals surface area (Å²) in [4.78, 5) is 16.5. The van der Waals surface area contributed by atoms with Gasteiger partial charge in [-0.2, -0.15) is 5.10 Å². The molecule has 1 amide bonds. The molecule has 108 valence electrons. The highest BCUT2D eigenvalue weighted by Gasteiger charge is 2.08. The van der Waals surface area contributed by atoms with Crippen molar-refractivity contribution in [3.8, 4) is 0 Å². The van der Waals surface area contributed by atoms with Gasteiger partial charge in [-0.1, -0.05) is 0 Å². The van der Waals surface area contributed by atoms with Crippen molar-refractivity contribution in [3.63, 3.8) is 0 Å². The molecule has 1 N–H and O–H groups in total. The summed E-state index contributed by atoms with van der Waals surface area (Å²) >= 11 is 0. The SMILES string of the molecule is Cn1ccc2ccc(C(=O)NCCCn3cccn3)nc21. The Bertz CT molecular complexity index is 745. The van der Waals surface area contributed by atoms with Crippen LogP contribution in [-0.4, -0.2) is 31.8 Å². The van der Waals surface area contributed by atoms with Crippen LogP contribution in [0.3, 0.4) is 0 Å². The summed E-state index contributed by atoms with van der Waals surface area (Å²) in [6, 6.07) is 7.54. The van der Waals surface area contributed by atoms with Crippen molar-refractivity contribution in [2.24, 2.45) is 7.05 Å². The molecular weight excluding hydrogens is 266 g/mol. The van der Waals surface area contributed by atoms with E-state index in [0.717, 1.165) is 24.0 Å². The van der Waals surface area contributed by atoms with Gasteiger partial charge in [0.25, 0.3) is 5.91 Å². The predicted octanol–water partition coefficient (Wildman–Crippen LogP) is 1.59. The molecule has 0 aliphatic carbocycles. The Kier molecular flexibility index (Phi) is 3.68. The Morgan fingerprint density at radius 2 is 2.19 bits per heavy atom. The van der Waals surface area contributed by atoms with Gasteiger partial charge in [0.05, 0.1) is 0 Å².